The van der Waals surface area contributed by atoms with Gasteiger partial charge in [0.15, 0.2) is 5.78 Å². The number of methoxy groups -OCH3 is 1. The van der Waals surface area contributed by atoms with E-state index in [1.165, 1.54) is 0 Å². The first-order chi connectivity index (χ1) is 6.97. The first-order valence-corrected chi connectivity index (χ1v) is 5.40. The smallest absolute Gasteiger partial charge is 0.179 e. The van der Waals surface area contributed by atoms with Gasteiger partial charge in [-0.15, -0.1) is 0 Å². The summed E-state index contributed by atoms with van der Waals surface area (Å²) in [7, 11) is 1.57. The number of ether oxygens (including phenoxy) is 1. The van der Waals surface area contributed by atoms with Crippen molar-refractivity contribution in [3.8, 4) is 5.75 Å². The van der Waals surface area contributed by atoms with Crippen LogP contribution < -0.4 is 10.5 Å². The third kappa shape index (κ3) is 2.58. The molecule has 1 unspecified atom stereocenters. The van der Waals surface area contributed by atoms with E-state index < -0.39 is 6.04 Å². The summed E-state index contributed by atoms with van der Waals surface area (Å²) in [5.41, 5.74) is 7.09. The number of hydrogen-bond donors (Lipinski definition) is 1. The van der Waals surface area contributed by atoms with Crippen LogP contribution >= 0.6 is 15.9 Å². The number of Topliss-reactive ketones (excluding diaryl/α,β-unsaturated/α-hetero) is 1. The first kappa shape index (κ1) is 12.2. The molecule has 1 aromatic carbocycles. The van der Waals surface area contributed by atoms with Gasteiger partial charge < -0.3 is 10.5 Å². The molecule has 1 aromatic rings. The second kappa shape index (κ2) is 4.77. The van der Waals surface area contributed by atoms with Crippen LogP contribution in [-0.4, -0.2) is 18.9 Å². The fourth-order valence-corrected chi connectivity index (χ4v) is 1.68. The molecular weight excluding hydrogens is 258 g/mol. The Morgan fingerprint density at radius 1 is 1.53 bits per heavy atom. The van der Waals surface area contributed by atoms with E-state index in [0.29, 0.717) is 11.3 Å². The van der Waals surface area contributed by atoms with Crippen LogP contribution in [0.1, 0.15) is 22.8 Å². The van der Waals surface area contributed by atoms with Crippen molar-refractivity contribution in [2.75, 3.05) is 7.11 Å². The molecule has 0 saturated carbocycles. The first-order valence-electron chi connectivity index (χ1n) is 4.61. The molecule has 0 bridgehead atoms. The molecular formula is C11H14BrNO2. The van der Waals surface area contributed by atoms with Gasteiger partial charge in [-0.3, -0.25) is 4.79 Å². The average Bonchev–Trinajstić information content (AvgIpc) is 2.20. The van der Waals surface area contributed by atoms with Crippen molar-refractivity contribution in [2.24, 2.45) is 5.73 Å². The van der Waals surface area contributed by atoms with Crippen LogP contribution in [0.5, 0.6) is 5.75 Å². The number of halogens is 1. The maximum absolute atomic E-state index is 11.7. The van der Waals surface area contributed by atoms with Crippen molar-refractivity contribution in [3.05, 3.63) is 27.7 Å². The number of carbonyl (C=O) groups is 1. The Hall–Kier alpha value is -0.870. The summed E-state index contributed by atoms with van der Waals surface area (Å²) in [5.74, 6) is 0.572. The molecule has 1 rings (SSSR count). The van der Waals surface area contributed by atoms with Gasteiger partial charge >= 0.3 is 0 Å². The van der Waals surface area contributed by atoms with Crippen molar-refractivity contribution >= 4 is 21.7 Å². The topological polar surface area (TPSA) is 52.3 Å². The number of aryl methyl sites for hydroxylation is 1. The number of benzene rings is 1. The average molecular weight is 272 g/mol. The summed E-state index contributed by atoms with van der Waals surface area (Å²) in [4.78, 5) is 11.7. The summed E-state index contributed by atoms with van der Waals surface area (Å²) in [6, 6.07) is 3.01. The van der Waals surface area contributed by atoms with E-state index in [-0.39, 0.29) is 5.78 Å². The van der Waals surface area contributed by atoms with E-state index in [1.54, 1.807) is 26.2 Å². The van der Waals surface area contributed by atoms with Crippen molar-refractivity contribution in [1.82, 2.24) is 0 Å². The predicted octanol–water partition coefficient (Wildman–Crippen LogP) is 2.30. The fourth-order valence-electron chi connectivity index (χ4n) is 1.29. The largest absolute Gasteiger partial charge is 0.496 e. The summed E-state index contributed by atoms with van der Waals surface area (Å²) < 4.78 is 6.02. The van der Waals surface area contributed by atoms with Crippen LogP contribution in [0, 0.1) is 6.92 Å². The van der Waals surface area contributed by atoms with Crippen LogP contribution in [0.25, 0.3) is 0 Å². The highest BCUT2D eigenvalue weighted by Gasteiger charge is 2.14. The Morgan fingerprint density at radius 3 is 2.60 bits per heavy atom. The zero-order valence-corrected chi connectivity index (χ0v) is 10.6. The number of ketones is 1. The lowest BCUT2D eigenvalue weighted by atomic mass is 10.0. The number of carbonyl (C=O) groups excluding carboxylic acids is 1. The maximum Gasteiger partial charge on any atom is 0.179 e. The zero-order chi connectivity index (χ0) is 11.6. The van der Waals surface area contributed by atoms with Crippen molar-refractivity contribution < 1.29 is 9.53 Å². The highest BCUT2D eigenvalue weighted by molar-refractivity contribution is 9.10. The van der Waals surface area contributed by atoms with E-state index >= 15 is 0 Å². The summed E-state index contributed by atoms with van der Waals surface area (Å²) in [6.07, 6.45) is 0. The van der Waals surface area contributed by atoms with Gasteiger partial charge in [0.05, 0.1) is 17.6 Å². The van der Waals surface area contributed by atoms with Crippen LogP contribution in [-0.2, 0) is 0 Å². The van der Waals surface area contributed by atoms with Gasteiger partial charge in [-0.25, -0.2) is 0 Å². The third-order valence-corrected chi connectivity index (χ3v) is 3.16. The minimum Gasteiger partial charge on any atom is -0.496 e. The monoisotopic (exact) mass is 271 g/mol. The Morgan fingerprint density at radius 2 is 2.13 bits per heavy atom. The van der Waals surface area contributed by atoms with Crippen LogP contribution in [0.4, 0.5) is 0 Å². The summed E-state index contributed by atoms with van der Waals surface area (Å²) in [5, 5.41) is 0. The number of hydrogen-bond acceptors (Lipinski definition) is 3. The minimum atomic E-state index is -0.490. The summed E-state index contributed by atoms with van der Waals surface area (Å²) in [6.45, 7) is 3.58. The van der Waals surface area contributed by atoms with E-state index in [4.69, 9.17) is 10.5 Å². The Balaban J connectivity index is 3.22. The third-order valence-electron chi connectivity index (χ3n) is 2.14. The predicted molar refractivity (Wildman–Crippen MR) is 63.4 cm³/mol. The summed E-state index contributed by atoms with van der Waals surface area (Å²) >= 11 is 3.39. The molecule has 0 saturated heterocycles. The highest BCUT2D eigenvalue weighted by Crippen LogP contribution is 2.29. The molecule has 0 fully saturated rings. The van der Waals surface area contributed by atoms with Crippen molar-refractivity contribution in [2.45, 2.75) is 19.9 Å². The lowest BCUT2D eigenvalue weighted by Gasteiger charge is -2.10. The van der Waals surface area contributed by atoms with E-state index in [0.717, 1.165) is 10.0 Å². The van der Waals surface area contributed by atoms with Crippen molar-refractivity contribution in [1.29, 1.82) is 0 Å². The quantitative estimate of drug-likeness (QED) is 0.859. The van der Waals surface area contributed by atoms with Crippen LogP contribution in [0.3, 0.4) is 0 Å². The van der Waals surface area contributed by atoms with Gasteiger partial charge in [-0.05, 0) is 47.5 Å². The molecule has 0 aliphatic rings. The number of rotatable bonds is 3. The lowest BCUT2D eigenvalue weighted by molar-refractivity contribution is 0.0967. The second-order valence-corrected chi connectivity index (χ2v) is 4.26. The second-order valence-electron chi connectivity index (χ2n) is 3.46. The Bertz CT molecular complexity index is 388. The molecule has 82 valence electrons. The van der Waals surface area contributed by atoms with Gasteiger partial charge in [0.2, 0.25) is 0 Å². The molecule has 2 N–H and O–H groups in total. The molecule has 1 atom stereocenters. The van der Waals surface area contributed by atoms with Gasteiger partial charge in [0.25, 0.3) is 0 Å². The SMILES string of the molecule is COc1cc(C(=O)C(C)N)cc(C)c1Br. The van der Waals surface area contributed by atoms with E-state index in [1.807, 2.05) is 6.92 Å². The minimum absolute atomic E-state index is 0.0797. The Kier molecular flexibility index (Phi) is 3.88. The molecule has 0 heterocycles. The van der Waals surface area contributed by atoms with Gasteiger partial charge in [0, 0.05) is 5.56 Å². The normalized spacial score (nSPS) is 12.3. The molecule has 4 heteroatoms. The van der Waals surface area contributed by atoms with Crippen LogP contribution in [0.15, 0.2) is 16.6 Å². The Labute approximate surface area is 97.7 Å². The molecule has 15 heavy (non-hydrogen) atoms. The van der Waals surface area contributed by atoms with E-state index in [9.17, 15) is 4.79 Å². The lowest BCUT2D eigenvalue weighted by Crippen LogP contribution is -2.26. The molecule has 0 aliphatic heterocycles. The highest BCUT2D eigenvalue weighted by atomic mass is 79.9. The fraction of sp³-hybridized carbons (Fsp3) is 0.364. The maximum atomic E-state index is 11.7. The molecule has 3 nitrogen and oxygen atoms in total. The van der Waals surface area contributed by atoms with Crippen LogP contribution in [0.2, 0.25) is 0 Å². The molecule has 0 aliphatic carbocycles. The zero-order valence-electron chi connectivity index (χ0n) is 9.00. The van der Waals surface area contributed by atoms with Gasteiger partial charge in [-0.1, -0.05) is 0 Å². The standard InChI is InChI=1S/C11H14BrNO2/c1-6-4-8(11(14)7(2)13)5-9(15-3)10(6)12/h4-5,7H,13H2,1-3H3. The van der Waals surface area contributed by atoms with Crippen molar-refractivity contribution in [3.63, 3.8) is 0 Å². The van der Waals surface area contributed by atoms with Gasteiger partial charge in [0.1, 0.15) is 5.75 Å². The van der Waals surface area contributed by atoms with E-state index in [2.05, 4.69) is 15.9 Å². The number of nitrogens with two attached hydrogens (primary N) is 1. The van der Waals surface area contributed by atoms with Gasteiger partial charge in [-0.2, -0.15) is 0 Å². The molecule has 0 amide bonds. The molecule has 0 aromatic heterocycles. The molecule has 0 radical (unpaired) electrons. The molecule has 0 spiro atoms.